The molecular weight excluding hydrogens is 644 g/mol. The number of carbonyl (C=O) groups excluding carboxylic acids is 4. The molecule has 2 aliphatic heterocycles. The van der Waals surface area contributed by atoms with E-state index in [9.17, 15) is 23.6 Å². The second kappa shape index (κ2) is 13.4. The van der Waals surface area contributed by atoms with E-state index in [0.29, 0.717) is 31.6 Å². The van der Waals surface area contributed by atoms with E-state index < -0.39 is 35.3 Å². The number of piperidine rings is 2. The van der Waals surface area contributed by atoms with E-state index in [1.807, 2.05) is 48.5 Å². The quantitative estimate of drug-likeness (QED) is 0.253. The molecular formula is C38H47F2N5O5. The number of ketones is 1. The number of hydrogen-bond donors (Lipinski definition) is 0. The average molecular weight is 692 g/mol. The standard InChI is InChI=1S/C38H47F2N5O5/c1-21(2)44(22(3)4)35(47)27-17-25(39)9-11-30(27)43-20-28(32-29(40)18-41-19-31(32)43)34(46)23-12-14-42(15-13-23)36(48)33-24-8-10-26(16-24)45(33)37(49)50-38(5,6)7/h9,11,17-24,26,33H,8,10,12-16H2,1-7H3/t24-,26+,33-/m0/s1. The molecule has 3 aromatic rings. The zero-order valence-electron chi connectivity index (χ0n) is 29.9. The van der Waals surface area contributed by atoms with E-state index in [1.54, 1.807) is 19.3 Å². The van der Waals surface area contributed by atoms with Gasteiger partial charge in [-0.2, -0.15) is 0 Å². The van der Waals surface area contributed by atoms with E-state index in [4.69, 9.17) is 4.74 Å². The molecule has 3 fully saturated rings. The number of carbonyl (C=O) groups is 4. The second-order valence-electron chi connectivity index (χ2n) is 15.5. The third-order valence-corrected chi connectivity index (χ3v) is 10.3. The number of benzene rings is 1. The third kappa shape index (κ3) is 6.49. The summed E-state index contributed by atoms with van der Waals surface area (Å²) in [5.41, 5.74) is 0.127. The van der Waals surface area contributed by atoms with Crippen molar-refractivity contribution in [2.75, 3.05) is 13.1 Å². The Morgan fingerprint density at radius 2 is 1.62 bits per heavy atom. The first kappa shape index (κ1) is 35.5. The highest BCUT2D eigenvalue weighted by atomic mass is 19.1. The zero-order valence-corrected chi connectivity index (χ0v) is 29.9. The Morgan fingerprint density at radius 3 is 2.26 bits per heavy atom. The summed E-state index contributed by atoms with van der Waals surface area (Å²) in [4.78, 5) is 64.1. The van der Waals surface area contributed by atoms with E-state index in [-0.39, 0.29) is 63.7 Å². The molecule has 1 aromatic carbocycles. The lowest BCUT2D eigenvalue weighted by Gasteiger charge is -2.39. The Bertz CT molecular complexity index is 1820. The van der Waals surface area contributed by atoms with Gasteiger partial charge in [-0.05, 0) is 105 Å². The molecule has 6 rings (SSSR count). The lowest BCUT2D eigenvalue weighted by Crippen LogP contribution is -2.56. The Balaban J connectivity index is 1.26. The highest BCUT2D eigenvalue weighted by Gasteiger charge is 2.53. The molecule has 4 heterocycles. The van der Waals surface area contributed by atoms with Crippen LogP contribution in [0.1, 0.15) is 101 Å². The van der Waals surface area contributed by atoms with E-state index >= 15 is 4.39 Å². The third-order valence-electron chi connectivity index (χ3n) is 10.3. The minimum atomic E-state index is -0.684. The van der Waals surface area contributed by atoms with Gasteiger partial charge in [0.05, 0.1) is 29.2 Å². The fraction of sp³-hybridized carbons (Fsp3) is 0.553. The van der Waals surface area contributed by atoms with Gasteiger partial charge in [0.1, 0.15) is 17.5 Å². The van der Waals surface area contributed by atoms with Crippen LogP contribution in [0.4, 0.5) is 13.6 Å². The monoisotopic (exact) mass is 691 g/mol. The zero-order chi connectivity index (χ0) is 36.2. The number of amides is 3. The summed E-state index contributed by atoms with van der Waals surface area (Å²) in [6, 6.07) is 2.93. The number of hydrogen-bond acceptors (Lipinski definition) is 6. The number of nitrogens with zero attached hydrogens (tertiary/aromatic N) is 5. The van der Waals surface area contributed by atoms with E-state index in [0.717, 1.165) is 25.5 Å². The van der Waals surface area contributed by atoms with Crippen molar-refractivity contribution in [2.45, 2.75) is 110 Å². The SMILES string of the molecule is CC(C)N(C(=O)c1cc(F)ccc1-n1cc(C(=O)C2CCN(C(=O)[C@@H]3[C@H]4CC[C@H](C4)N3C(=O)OC(C)(C)C)CC2)c2c(F)cncc21)C(C)C. The van der Waals surface area contributed by atoms with Gasteiger partial charge < -0.3 is 19.1 Å². The van der Waals surface area contributed by atoms with Crippen LogP contribution in [0.25, 0.3) is 16.6 Å². The van der Waals surface area contributed by atoms with E-state index in [1.165, 1.54) is 30.6 Å². The molecule has 1 saturated carbocycles. The maximum Gasteiger partial charge on any atom is 0.411 e. The lowest BCUT2D eigenvalue weighted by molar-refractivity contribution is -0.139. The van der Waals surface area contributed by atoms with Gasteiger partial charge in [-0.25, -0.2) is 13.6 Å². The summed E-state index contributed by atoms with van der Waals surface area (Å²) in [7, 11) is 0. The number of pyridine rings is 1. The van der Waals surface area contributed by atoms with Crippen LogP contribution in [0.15, 0.2) is 36.8 Å². The van der Waals surface area contributed by atoms with Crippen molar-refractivity contribution in [3.63, 3.8) is 0 Å². The Hall–Kier alpha value is -4.35. The summed E-state index contributed by atoms with van der Waals surface area (Å²) in [5.74, 6) is -2.46. The molecule has 3 amide bonds. The predicted molar refractivity (Wildman–Crippen MR) is 184 cm³/mol. The molecule has 2 saturated heterocycles. The van der Waals surface area contributed by atoms with Crippen molar-refractivity contribution in [2.24, 2.45) is 11.8 Å². The minimum Gasteiger partial charge on any atom is -0.444 e. The molecule has 50 heavy (non-hydrogen) atoms. The molecule has 268 valence electrons. The topological polar surface area (TPSA) is 105 Å². The largest absolute Gasteiger partial charge is 0.444 e. The van der Waals surface area contributed by atoms with Crippen molar-refractivity contribution in [3.05, 3.63) is 59.6 Å². The first-order valence-electron chi connectivity index (χ1n) is 17.7. The Morgan fingerprint density at radius 1 is 0.940 bits per heavy atom. The fourth-order valence-electron chi connectivity index (χ4n) is 8.27. The summed E-state index contributed by atoms with van der Waals surface area (Å²) < 4.78 is 37.4. The Labute approximate surface area is 291 Å². The molecule has 0 unspecified atom stereocenters. The molecule has 2 aromatic heterocycles. The number of aromatic nitrogens is 2. The first-order valence-corrected chi connectivity index (χ1v) is 17.7. The number of fused-ring (bicyclic) bond motifs is 3. The van der Waals surface area contributed by atoms with Crippen molar-refractivity contribution < 1.29 is 32.7 Å². The van der Waals surface area contributed by atoms with Crippen LogP contribution in [0.3, 0.4) is 0 Å². The van der Waals surface area contributed by atoms with Crippen LogP contribution < -0.4 is 0 Å². The highest BCUT2D eigenvalue weighted by Crippen LogP contribution is 2.44. The summed E-state index contributed by atoms with van der Waals surface area (Å²) >= 11 is 0. The van der Waals surface area contributed by atoms with Crippen LogP contribution in [0.5, 0.6) is 0 Å². The number of Topliss-reactive ketones (excluding diaryl/α,β-unsaturated/α-hetero) is 1. The lowest BCUT2D eigenvalue weighted by atomic mass is 9.88. The molecule has 12 heteroatoms. The predicted octanol–water partition coefficient (Wildman–Crippen LogP) is 6.77. The number of rotatable bonds is 7. The number of halogens is 2. The van der Waals surface area contributed by atoms with Gasteiger partial charge in [-0.1, -0.05) is 0 Å². The molecule has 1 aliphatic carbocycles. The highest BCUT2D eigenvalue weighted by molar-refractivity contribution is 6.10. The molecule has 10 nitrogen and oxygen atoms in total. The minimum absolute atomic E-state index is 0.0136. The normalized spacial score (nSPS) is 21.1. The van der Waals surface area contributed by atoms with Gasteiger partial charge in [-0.15, -0.1) is 0 Å². The van der Waals surface area contributed by atoms with Gasteiger partial charge in [0, 0.05) is 54.3 Å². The second-order valence-corrected chi connectivity index (χ2v) is 15.5. The number of ether oxygens (including phenoxy) is 1. The van der Waals surface area contributed by atoms with Gasteiger partial charge in [0.25, 0.3) is 5.91 Å². The maximum absolute atomic E-state index is 15.5. The average Bonchev–Trinajstić information content (AvgIpc) is 3.77. The molecule has 2 bridgehead atoms. The molecule has 0 spiro atoms. The van der Waals surface area contributed by atoms with Crippen LogP contribution in [-0.4, -0.2) is 90.8 Å². The molecule has 3 aliphatic rings. The van der Waals surface area contributed by atoms with Gasteiger partial charge in [-0.3, -0.25) is 24.3 Å². The van der Waals surface area contributed by atoms with Crippen molar-refractivity contribution in [1.82, 2.24) is 24.3 Å². The van der Waals surface area contributed by atoms with Crippen molar-refractivity contribution >= 4 is 34.6 Å². The van der Waals surface area contributed by atoms with Crippen molar-refractivity contribution in [1.29, 1.82) is 0 Å². The fourth-order valence-corrected chi connectivity index (χ4v) is 8.27. The van der Waals surface area contributed by atoms with Gasteiger partial charge in [0.15, 0.2) is 11.6 Å². The smallest absolute Gasteiger partial charge is 0.411 e. The molecule has 0 N–H and O–H groups in total. The molecule has 3 atom stereocenters. The van der Waals surface area contributed by atoms with Crippen LogP contribution in [0, 0.1) is 23.5 Å². The summed E-state index contributed by atoms with van der Waals surface area (Å²) in [6.45, 7) is 13.6. The van der Waals surface area contributed by atoms with Gasteiger partial charge in [0.2, 0.25) is 5.91 Å². The first-order chi connectivity index (χ1) is 23.6. The van der Waals surface area contributed by atoms with Gasteiger partial charge >= 0.3 is 6.09 Å². The van der Waals surface area contributed by atoms with Crippen LogP contribution in [-0.2, 0) is 9.53 Å². The number of likely N-dealkylation sites (tertiary alicyclic amines) is 2. The van der Waals surface area contributed by atoms with Crippen LogP contribution >= 0.6 is 0 Å². The summed E-state index contributed by atoms with van der Waals surface area (Å²) in [5, 5.41) is 0.0748. The Kier molecular flexibility index (Phi) is 9.51. The van der Waals surface area contributed by atoms with E-state index in [2.05, 4.69) is 4.98 Å². The maximum atomic E-state index is 15.5. The van der Waals surface area contributed by atoms with Crippen LogP contribution in [0.2, 0.25) is 0 Å². The summed E-state index contributed by atoms with van der Waals surface area (Å²) in [6.07, 6.45) is 6.79. The molecule has 0 radical (unpaired) electrons. The van der Waals surface area contributed by atoms with Crippen molar-refractivity contribution in [3.8, 4) is 5.69 Å².